The minimum atomic E-state index is -0.452. The quantitative estimate of drug-likeness (QED) is 0.525. The molecule has 0 aliphatic heterocycles. The topological polar surface area (TPSA) is 102 Å². The van der Waals surface area contributed by atoms with Crippen molar-refractivity contribution >= 4 is 34.4 Å². The molecule has 0 radical (unpaired) electrons. The van der Waals surface area contributed by atoms with Gasteiger partial charge in [-0.25, -0.2) is 9.78 Å². The van der Waals surface area contributed by atoms with Crippen LogP contribution in [-0.4, -0.2) is 25.0 Å². The number of benzene rings is 1. The third-order valence-corrected chi connectivity index (χ3v) is 5.20. The van der Waals surface area contributed by atoms with Crippen molar-refractivity contribution in [3.63, 3.8) is 0 Å². The fraction of sp³-hybridized carbons (Fsp3) is 0.455. The van der Waals surface area contributed by atoms with Crippen LogP contribution in [0.1, 0.15) is 45.9 Å². The van der Waals surface area contributed by atoms with Gasteiger partial charge in [0.1, 0.15) is 5.82 Å². The minimum Gasteiger partial charge on any atom is -0.326 e. The zero-order chi connectivity index (χ0) is 22.5. The van der Waals surface area contributed by atoms with Gasteiger partial charge in [-0.3, -0.25) is 19.1 Å². The lowest BCUT2D eigenvalue weighted by Gasteiger charge is -2.11. The van der Waals surface area contributed by atoms with Gasteiger partial charge >= 0.3 is 5.69 Å². The maximum atomic E-state index is 12.6. The van der Waals surface area contributed by atoms with Crippen molar-refractivity contribution in [1.82, 2.24) is 19.1 Å². The number of nitrogens with one attached hydrogen (secondary N) is 2. The molecule has 1 aromatic carbocycles. The molecule has 31 heavy (non-hydrogen) atoms. The molecule has 8 nitrogen and oxygen atoms in total. The molecule has 0 spiro atoms. The van der Waals surface area contributed by atoms with Crippen LogP contribution >= 0.6 is 11.6 Å². The molecule has 1 amide bonds. The Labute approximate surface area is 185 Å². The first-order valence-electron chi connectivity index (χ1n) is 10.6. The van der Waals surface area contributed by atoms with E-state index in [1.807, 2.05) is 25.3 Å². The molecular weight excluding hydrogens is 418 g/mol. The third kappa shape index (κ3) is 5.44. The van der Waals surface area contributed by atoms with Crippen molar-refractivity contribution in [2.75, 3.05) is 5.32 Å². The number of anilines is 1. The smallest absolute Gasteiger partial charge is 0.326 e. The monoisotopic (exact) mass is 445 g/mol. The molecule has 0 unspecified atom stereocenters. The Balaban J connectivity index is 1.91. The van der Waals surface area contributed by atoms with Crippen molar-refractivity contribution in [3.05, 3.63) is 56.0 Å². The van der Waals surface area contributed by atoms with Crippen LogP contribution in [-0.2, 0) is 24.3 Å². The summed E-state index contributed by atoms with van der Waals surface area (Å²) < 4.78 is 3.37. The van der Waals surface area contributed by atoms with E-state index in [2.05, 4.69) is 15.3 Å². The van der Waals surface area contributed by atoms with E-state index in [-0.39, 0.29) is 18.2 Å². The molecule has 2 heterocycles. The summed E-state index contributed by atoms with van der Waals surface area (Å²) in [6, 6.07) is 6.89. The SMILES string of the molecule is CCCCn1c(=O)[nH]c(=O)c2c1nc(CCC(=O)Nc1ccc(Cl)cc1)n2CC(C)C. The van der Waals surface area contributed by atoms with Crippen molar-refractivity contribution < 1.29 is 4.79 Å². The number of aryl methyl sites for hydroxylation is 2. The van der Waals surface area contributed by atoms with E-state index >= 15 is 0 Å². The van der Waals surface area contributed by atoms with Gasteiger partial charge in [-0.15, -0.1) is 0 Å². The van der Waals surface area contributed by atoms with Gasteiger partial charge in [0, 0.05) is 36.6 Å². The predicted molar refractivity (Wildman–Crippen MR) is 123 cm³/mol. The first-order valence-corrected chi connectivity index (χ1v) is 11.0. The highest BCUT2D eigenvalue weighted by atomic mass is 35.5. The predicted octanol–water partition coefficient (Wildman–Crippen LogP) is 3.57. The van der Waals surface area contributed by atoms with E-state index in [4.69, 9.17) is 11.6 Å². The Hall–Kier alpha value is -2.87. The molecule has 2 N–H and O–H groups in total. The highest BCUT2D eigenvalue weighted by molar-refractivity contribution is 6.30. The zero-order valence-corrected chi connectivity index (χ0v) is 18.8. The van der Waals surface area contributed by atoms with Crippen LogP contribution in [0.3, 0.4) is 0 Å². The summed E-state index contributed by atoms with van der Waals surface area (Å²) in [6.07, 6.45) is 2.26. The van der Waals surface area contributed by atoms with E-state index in [9.17, 15) is 14.4 Å². The van der Waals surface area contributed by atoms with Crippen LogP contribution in [0.4, 0.5) is 5.69 Å². The molecule has 0 atom stereocenters. The van der Waals surface area contributed by atoms with Crippen molar-refractivity contribution in [3.8, 4) is 0 Å². The molecular formula is C22H28ClN5O3. The van der Waals surface area contributed by atoms with Gasteiger partial charge in [0.2, 0.25) is 5.91 Å². The number of carbonyl (C=O) groups is 1. The molecule has 3 aromatic rings. The second-order valence-corrected chi connectivity index (χ2v) is 8.46. The van der Waals surface area contributed by atoms with Crippen LogP contribution < -0.4 is 16.6 Å². The minimum absolute atomic E-state index is 0.164. The average Bonchev–Trinajstić information content (AvgIpc) is 3.06. The number of fused-ring (bicyclic) bond motifs is 1. The van der Waals surface area contributed by atoms with Gasteiger partial charge < -0.3 is 9.88 Å². The molecule has 0 bridgehead atoms. The molecule has 0 aliphatic carbocycles. The van der Waals surface area contributed by atoms with E-state index in [0.29, 0.717) is 47.2 Å². The van der Waals surface area contributed by atoms with Crippen molar-refractivity contribution in [2.45, 2.75) is 59.5 Å². The fourth-order valence-corrected chi connectivity index (χ4v) is 3.60. The van der Waals surface area contributed by atoms with Crippen LogP contribution in [0.25, 0.3) is 11.2 Å². The van der Waals surface area contributed by atoms with Crippen LogP contribution in [0.2, 0.25) is 5.02 Å². The molecule has 0 saturated carbocycles. The summed E-state index contributed by atoms with van der Waals surface area (Å²) in [5, 5.41) is 3.43. The number of halogens is 1. The van der Waals surface area contributed by atoms with Gasteiger partial charge in [0.15, 0.2) is 11.2 Å². The lowest BCUT2D eigenvalue weighted by molar-refractivity contribution is -0.116. The molecule has 0 fully saturated rings. The van der Waals surface area contributed by atoms with Crippen LogP contribution in [0.15, 0.2) is 33.9 Å². The normalized spacial score (nSPS) is 11.4. The van der Waals surface area contributed by atoms with E-state index in [1.165, 1.54) is 4.57 Å². The zero-order valence-electron chi connectivity index (χ0n) is 18.1. The lowest BCUT2D eigenvalue weighted by atomic mass is 10.2. The maximum absolute atomic E-state index is 12.6. The van der Waals surface area contributed by atoms with Crippen LogP contribution in [0, 0.1) is 5.92 Å². The highest BCUT2D eigenvalue weighted by Crippen LogP contribution is 2.17. The summed E-state index contributed by atoms with van der Waals surface area (Å²) in [5.41, 5.74) is 0.536. The Morgan fingerprint density at radius 3 is 2.55 bits per heavy atom. The Bertz CT molecular complexity index is 1170. The summed E-state index contributed by atoms with van der Waals surface area (Å²) in [7, 11) is 0. The molecule has 166 valence electrons. The number of nitrogens with zero attached hydrogens (tertiary/aromatic N) is 3. The molecule has 9 heteroatoms. The fourth-order valence-electron chi connectivity index (χ4n) is 3.48. The molecule has 0 aliphatic rings. The number of carbonyl (C=O) groups excluding carboxylic acids is 1. The summed E-state index contributed by atoms with van der Waals surface area (Å²) >= 11 is 5.88. The number of hydrogen-bond donors (Lipinski definition) is 2. The largest absolute Gasteiger partial charge is 0.330 e. The van der Waals surface area contributed by atoms with E-state index in [0.717, 1.165) is 12.8 Å². The number of unbranched alkanes of at least 4 members (excludes halogenated alkanes) is 1. The number of rotatable bonds is 9. The van der Waals surface area contributed by atoms with Gasteiger partial charge in [-0.1, -0.05) is 38.8 Å². The van der Waals surface area contributed by atoms with Gasteiger partial charge in [-0.05, 0) is 36.6 Å². The number of aromatic amines is 1. The Kier molecular flexibility index (Phi) is 7.33. The Morgan fingerprint density at radius 1 is 1.19 bits per heavy atom. The van der Waals surface area contributed by atoms with Gasteiger partial charge in [-0.2, -0.15) is 0 Å². The standard InChI is InChI=1S/C22H28ClN5O3/c1-4-5-12-27-20-19(21(30)26-22(27)31)28(13-14(2)3)17(25-20)10-11-18(29)24-16-8-6-15(23)7-9-16/h6-9,14H,4-5,10-13H2,1-3H3,(H,24,29)(H,26,30,31). The summed E-state index contributed by atoms with van der Waals surface area (Å²) in [6.45, 7) is 7.18. The Morgan fingerprint density at radius 2 is 1.90 bits per heavy atom. The first-order chi connectivity index (χ1) is 14.8. The van der Waals surface area contributed by atoms with Gasteiger partial charge in [0.25, 0.3) is 5.56 Å². The number of imidazole rings is 1. The van der Waals surface area contributed by atoms with Gasteiger partial charge in [0.05, 0.1) is 0 Å². The second-order valence-electron chi connectivity index (χ2n) is 8.02. The van der Waals surface area contributed by atoms with E-state index < -0.39 is 11.2 Å². The first kappa shape index (κ1) is 22.8. The third-order valence-electron chi connectivity index (χ3n) is 4.95. The molecule has 2 aromatic heterocycles. The van der Waals surface area contributed by atoms with E-state index in [1.54, 1.807) is 24.3 Å². The number of hydrogen-bond acceptors (Lipinski definition) is 4. The second kappa shape index (κ2) is 9.96. The van der Waals surface area contributed by atoms with Crippen molar-refractivity contribution in [1.29, 1.82) is 0 Å². The summed E-state index contributed by atoms with van der Waals surface area (Å²) in [5.74, 6) is 0.716. The number of amides is 1. The number of aromatic nitrogens is 4. The van der Waals surface area contributed by atoms with Crippen LogP contribution in [0.5, 0.6) is 0 Å². The number of H-pyrrole nitrogens is 1. The summed E-state index contributed by atoms with van der Waals surface area (Å²) in [4.78, 5) is 44.5. The van der Waals surface area contributed by atoms with Crippen molar-refractivity contribution in [2.24, 2.45) is 5.92 Å². The highest BCUT2D eigenvalue weighted by Gasteiger charge is 2.19. The maximum Gasteiger partial charge on any atom is 0.330 e. The lowest BCUT2D eigenvalue weighted by Crippen LogP contribution is -2.31. The molecule has 3 rings (SSSR count). The molecule has 0 saturated heterocycles. The average molecular weight is 446 g/mol.